The predicted octanol–water partition coefficient (Wildman–Crippen LogP) is 3.83. The molecule has 3 nitrogen and oxygen atoms in total. The number of Topliss-reactive ketones (excluding diaryl/α,β-unsaturated/α-hetero) is 1. The lowest BCUT2D eigenvalue weighted by Crippen LogP contribution is -2.03. The van der Waals surface area contributed by atoms with Gasteiger partial charge >= 0.3 is 5.97 Å². The number of carbonyl (C=O) groups excluding carboxylic acids is 2. The Labute approximate surface area is 130 Å². The van der Waals surface area contributed by atoms with E-state index >= 15 is 0 Å². The number of hydrogen-bond acceptors (Lipinski definition) is 3. The summed E-state index contributed by atoms with van der Waals surface area (Å²) in [5, 5.41) is 0. The molecule has 0 amide bonds. The highest BCUT2D eigenvalue weighted by molar-refractivity contribution is 5.88. The Morgan fingerprint density at radius 3 is 2.32 bits per heavy atom. The molecule has 0 heterocycles. The number of hydrogen-bond donors (Lipinski definition) is 0. The fraction of sp³-hybridized carbons (Fsp3) is 0.158. The van der Waals surface area contributed by atoms with E-state index in [1.165, 1.54) is 6.08 Å². The van der Waals surface area contributed by atoms with E-state index in [0.29, 0.717) is 18.6 Å². The Hall–Kier alpha value is -2.68. The molecule has 0 N–H and O–H groups in total. The molecule has 0 radical (unpaired) electrons. The van der Waals surface area contributed by atoms with Gasteiger partial charge in [0.25, 0.3) is 0 Å². The second kappa shape index (κ2) is 7.93. The maximum Gasteiger partial charge on any atom is 0.336 e. The third kappa shape index (κ3) is 5.37. The third-order valence-electron chi connectivity index (χ3n) is 3.12. The Kier molecular flexibility index (Phi) is 5.66. The number of esters is 1. The summed E-state index contributed by atoms with van der Waals surface area (Å²) in [6.07, 6.45) is 4.35. The van der Waals surface area contributed by atoms with Crippen LogP contribution in [0.1, 0.15) is 24.5 Å². The van der Waals surface area contributed by atoms with Gasteiger partial charge in [0.05, 0.1) is 0 Å². The van der Waals surface area contributed by atoms with E-state index in [1.54, 1.807) is 25.1 Å². The van der Waals surface area contributed by atoms with Crippen molar-refractivity contribution < 1.29 is 14.3 Å². The number of carbonyl (C=O) groups is 2. The normalized spacial score (nSPS) is 10.6. The fourth-order valence-corrected chi connectivity index (χ4v) is 1.92. The van der Waals surface area contributed by atoms with Gasteiger partial charge in [-0.1, -0.05) is 42.5 Å². The molecule has 2 aromatic carbocycles. The van der Waals surface area contributed by atoms with Crippen molar-refractivity contribution >= 4 is 17.8 Å². The van der Waals surface area contributed by atoms with Crippen LogP contribution in [-0.2, 0) is 16.0 Å². The van der Waals surface area contributed by atoms with Crippen LogP contribution in [0.5, 0.6) is 5.75 Å². The molecule has 2 rings (SSSR count). The van der Waals surface area contributed by atoms with Gasteiger partial charge in [-0.05, 0) is 42.7 Å². The minimum atomic E-state index is -0.416. The second-order valence-corrected chi connectivity index (χ2v) is 5.01. The third-order valence-corrected chi connectivity index (χ3v) is 3.12. The first-order chi connectivity index (χ1) is 10.6. The lowest BCUT2D eigenvalue weighted by atomic mass is 10.1. The van der Waals surface area contributed by atoms with Gasteiger partial charge in [-0.3, -0.25) is 0 Å². The average Bonchev–Trinajstić information content (AvgIpc) is 2.53. The number of rotatable bonds is 6. The molecule has 0 saturated carbocycles. The van der Waals surface area contributed by atoms with Gasteiger partial charge in [0.15, 0.2) is 0 Å². The summed E-state index contributed by atoms with van der Waals surface area (Å²) in [7, 11) is 0. The molecule has 0 spiro atoms. The van der Waals surface area contributed by atoms with Crippen LogP contribution in [0, 0.1) is 0 Å². The van der Waals surface area contributed by atoms with Gasteiger partial charge < -0.3 is 9.53 Å². The quantitative estimate of drug-likeness (QED) is 0.462. The minimum absolute atomic E-state index is 0.168. The van der Waals surface area contributed by atoms with Gasteiger partial charge in [-0.15, -0.1) is 0 Å². The number of benzene rings is 2. The molecule has 3 heteroatoms. The Morgan fingerprint density at radius 1 is 1.00 bits per heavy atom. The van der Waals surface area contributed by atoms with Gasteiger partial charge in [0.2, 0.25) is 0 Å². The monoisotopic (exact) mass is 294 g/mol. The van der Waals surface area contributed by atoms with E-state index in [4.69, 9.17) is 4.74 Å². The molecule has 22 heavy (non-hydrogen) atoms. The molecule has 0 unspecified atom stereocenters. The zero-order valence-electron chi connectivity index (χ0n) is 12.5. The predicted molar refractivity (Wildman–Crippen MR) is 86.6 cm³/mol. The Morgan fingerprint density at radius 2 is 1.68 bits per heavy atom. The zero-order valence-corrected chi connectivity index (χ0v) is 12.5. The SMILES string of the molecule is CC(=O)CCc1ccc(OC(=O)/C=C/c2ccccc2)cc1. The smallest absolute Gasteiger partial charge is 0.336 e. The van der Waals surface area contributed by atoms with Gasteiger partial charge in [0.1, 0.15) is 11.5 Å². The van der Waals surface area contributed by atoms with Crippen molar-refractivity contribution in [2.24, 2.45) is 0 Å². The van der Waals surface area contributed by atoms with Crippen LogP contribution in [0.4, 0.5) is 0 Å². The number of aryl methyl sites for hydroxylation is 1. The number of ether oxygens (including phenoxy) is 1. The van der Waals surface area contributed by atoms with Crippen molar-refractivity contribution in [3.05, 3.63) is 71.8 Å². The highest BCUT2D eigenvalue weighted by Gasteiger charge is 2.02. The summed E-state index contributed by atoms with van der Waals surface area (Å²) >= 11 is 0. The number of ketones is 1. The molecule has 0 aliphatic carbocycles. The highest BCUT2D eigenvalue weighted by atomic mass is 16.5. The molecule has 0 saturated heterocycles. The summed E-state index contributed by atoms with van der Waals surface area (Å²) in [5.74, 6) is 0.246. The summed E-state index contributed by atoms with van der Waals surface area (Å²) in [6.45, 7) is 1.58. The molecule has 0 bridgehead atoms. The standard InChI is InChI=1S/C19H18O3/c1-15(20)7-8-17-9-12-18(13-10-17)22-19(21)14-11-16-5-3-2-4-6-16/h2-6,9-14H,7-8H2,1H3/b14-11+. The molecule has 112 valence electrons. The van der Waals surface area contributed by atoms with E-state index in [2.05, 4.69) is 0 Å². The first kappa shape index (κ1) is 15.7. The first-order valence-corrected chi connectivity index (χ1v) is 7.17. The van der Waals surface area contributed by atoms with Crippen LogP contribution in [-0.4, -0.2) is 11.8 Å². The maximum atomic E-state index is 11.7. The molecule has 0 aliphatic rings. The van der Waals surface area contributed by atoms with Crippen LogP contribution in [0.25, 0.3) is 6.08 Å². The Bertz CT molecular complexity index is 655. The van der Waals surface area contributed by atoms with E-state index in [9.17, 15) is 9.59 Å². The summed E-state index contributed by atoms with van der Waals surface area (Å²) in [4.78, 5) is 22.7. The van der Waals surface area contributed by atoms with Crippen molar-refractivity contribution in [2.45, 2.75) is 19.8 Å². The van der Waals surface area contributed by atoms with Crippen LogP contribution in [0.3, 0.4) is 0 Å². The molecular weight excluding hydrogens is 276 g/mol. The maximum absolute atomic E-state index is 11.7. The van der Waals surface area contributed by atoms with Crippen molar-refractivity contribution in [3.63, 3.8) is 0 Å². The molecule has 0 aromatic heterocycles. The lowest BCUT2D eigenvalue weighted by Gasteiger charge is -2.03. The summed E-state index contributed by atoms with van der Waals surface area (Å²) in [5.41, 5.74) is 1.99. The van der Waals surface area contributed by atoms with E-state index < -0.39 is 5.97 Å². The van der Waals surface area contributed by atoms with Crippen LogP contribution in [0.2, 0.25) is 0 Å². The second-order valence-electron chi connectivity index (χ2n) is 5.01. The van der Waals surface area contributed by atoms with Crippen molar-refractivity contribution in [1.82, 2.24) is 0 Å². The molecule has 0 fully saturated rings. The molecule has 2 aromatic rings. The minimum Gasteiger partial charge on any atom is -0.423 e. The van der Waals surface area contributed by atoms with Crippen molar-refractivity contribution in [1.29, 1.82) is 0 Å². The van der Waals surface area contributed by atoms with Gasteiger partial charge in [0, 0.05) is 12.5 Å². The summed E-state index contributed by atoms with van der Waals surface area (Å²) in [6, 6.07) is 16.8. The lowest BCUT2D eigenvalue weighted by molar-refractivity contribution is -0.128. The fourth-order valence-electron chi connectivity index (χ4n) is 1.92. The van der Waals surface area contributed by atoms with E-state index in [0.717, 1.165) is 11.1 Å². The van der Waals surface area contributed by atoms with Crippen LogP contribution >= 0.6 is 0 Å². The first-order valence-electron chi connectivity index (χ1n) is 7.17. The van der Waals surface area contributed by atoms with Crippen molar-refractivity contribution in [2.75, 3.05) is 0 Å². The molecular formula is C19H18O3. The summed E-state index contributed by atoms with van der Waals surface area (Å²) < 4.78 is 5.22. The van der Waals surface area contributed by atoms with Crippen LogP contribution in [0.15, 0.2) is 60.7 Å². The Balaban J connectivity index is 1.89. The molecule has 0 aliphatic heterocycles. The molecule has 0 atom stereocenters. The van der Waals surface area contributed by atoms with Crippen LogP contribution < -0.4 is 4.74 Å². The van der Waals surface area contributed by atoms with Gasteiger partial charge in [-0.25, -0.2) is 4.79 Å². The zero-order chi connectivity index (χ0) is 15.8. The topological polar surface area (TPSA) is 43.4 Å². The van der Waals surface area contributed by atoms with Crippen molar-refractivity contribution in [3.8, 4) is 5.75 Å². The highest BCUT2D eigenvalue weighted by Crippen LogP contribution is 2.14. The van der Waals surface area contributed by atoms with E-state index in [1.807, 2.05) is 42.5 Å². The van der Waals surface area contributed by atoms with Gasteiger partial charge in [-0.2, -0.15) is 0 Å². The van der Waals surface area contributed by atoms with E-state index in [-0.39, 0.29) is 5.78 Å². The largest absolute Gasteiger partial charge is 0.423 e. The average molecular weight is 294 g/mol.